The third kappa shape index (κ3) is 3.78. The minimum absolute atomic E-state index is 0.628. The van der Waals surface area contributed by atoms with Gasteiger partial charge in [-0.3, -0.25) is 15.3 Å². The predicted molar refractivity (Wildman–Crippen MR) is 104 cm³/mol. The highest BCUT2D eigenvalue weighted by atomic mass is 32.2. The fourth-order valence-electron chi connectivity index (χ4n) is 3.26. The Morgan fingerprint density at radius 1 is 1.12 bits per heavy atom. The molecule has 0 unspecified atom stereocenters. The highest BCUT2D eigenvalue weighted by Gasteiger charge is 2.18. The molecule has 1 fully saturated rings. The average Bonchev–Trinajstić information content (AvgIpc) is 2.69. The molecule has 26 heavy (non-hydrogen) atoms. The molecule has 0 amide bonds. The molecule has 3 aromatic heterocycles. The number of thioether (sulfide) groups is 1. The Labute approximate surface area is 156 Å². The van der Waals surface area contributed by atoms with Crippen molar-refractivity contribution in [1.29, 1.82) is 0 Å². The molecule has 3 heterocycles. The van der Waals surface area contributed by atoms with Crippen LogP contribution in [-0.4, -0.2) is 32.3 Å². The number of pyridine rings is 2. The molecule has 1 N–H and O–H groups in total. The van der Waals surface area contributed by atoms with Crippen LogP contribution >= 0.6 is 11.8 Å². The lowest BCUT2D eigenvalue weighted by Crippen LogP contribution is -2.08. The Morgan fingerprint density at radius 2 is 2.00 bits per heavy atom. The number of hydrogen-bond acceptors (Lipinski definition) is 7. The van der Waals surface area contributed by atoms with Crippen molar-refractivity contribution in [3.63, 3.8) is 0 Å². The molecule has 3 aromatic rings. The topological polar surface area (TPSA) is 72.8 Å². The van der Waals surface area contributed by atoms with E-state index in [2.05, 4.69) is 20.4 Å². The first-order valence-electron chi connectivity index (χ1n) is 8.86. The minimum Gasteiger partial charge on any atom is -0.279 e. The van der Waals surface area contributed by atoms with Gasteiger partial charge in [-0.2, -0.15) is 0 Å². The molecule has 0 atom stereocenters. The van der Waals surface area contributed by atoms with E-state index in [0.29, 0.717) is 5.25 Å². The molecule has 0 spiro atoms. The van der Waals surface area contributed by atoms with Crippen LogP contribution in [0.2, 0.25) is 0 Å². The Hall–Kier alpha value is -2.25. The van der Waals surface area contributed by atoms with Gasteiger partial charge in [0.05, 0.1) is 30.2 Å². The largest absolute Gasteiger partial charge is 0.279 e. The number of hydrogen-bond donors (Lipinski definition) is 1. The molecule has 134 valence electrons. The maximum atomic E-state index is 4.96. The normalized spacial score (nSPS) is 15.3. The standard InChI is InChI=1S/C19H21N5OS/c1-25-24-14-9-13(10-20-11-14)16-7-8-17-18(23-16)19(22-12-21-17)26-15-5-3-2-4-6-15/h7-12,15,24H,2-6H2,1H3. The Kier molecular flexibility index (Phi) is 5.26. The number of nitrogens with zero attached hydrogens (tertiary/aromatic N) is 4. The maximum absolute atomic E-state index is 4.96. The highest BCUT2D eigenvalue weighted by Crippen LogP contribution is 2.35. The summed E-state index contributed by atoms with van der Waals surface area (Å²) in [5, 5.41) is 1.60. The maximum Gasteiger partial charge on any atom is 0.126 e. The van der Waals surface area contributed by atoms with Crippen molar-refractivity contribution in [2.24, 2.45) is 0 Å². The lowest BCUT2D eigenvalue weighted by molar-refractivity contribution is 0.271. The van der Waals surface area contributed by atoms with Crippen molar-refractivity contribution in [2.75, 3.05) is 12.6 Å². The second-order valence-electron chi connectivity index (χ2n) is 6.39. The highest BCUT2D eigenvalue weighted by molar-refractivity contribution is 8.00. The molecule has 1 aliphatic carbocycles. The lowest BCUT2D eigenvalue weighted by Gasteiger charge is -2.20. The van der Waals surface area contributed by atoms with Crippen LogP contribution in [0.1, 0.15) is 32.1 Å². The fraction of sp³-hybridized carbons (Fsp3) is 0.368. The zero-order chi connectivity index (χ0) is 17.8. The molecule has 1 saturated carbocycles. The molecule has 0 aliphatic heterocycles. The summed E-state index contributed by atoms with van der Waals surface area (Å²) in [5.41, 5.74) is 7.10. The van der Waals surface area contributed by atoms with Crippen LogP contribution in [0.5, 0.6) is 0 Å². The quantitative estimate of drug-likeness (QED) is 0.526. The second kappa shape index (κ2) is 7.97. The molecule has 0 saturated heterocycles. The van der Waals surface area contributed by atoms with Crippen molar-refractivity contribution in [3.05, 3.63) is 36.9 Å². The Morgan fingerprint density at radius 3 is 2.85 bits per heavy atom. The molecule has 4 rings (SSSR count). The predicted octanol–water partition coefficient (Wildman–Crippen LogP) is 4.48. The molecule has 0 aromatic carbocycles. The molecular weight excluding hydrogens is 346 g/mol. The number of aromatic nitrogens is 4. The number of nitrogens with one attached hydrogen (secondary N) is 1. The summed E-state index contributed by atoms with van der Waals surface area (Å²) >= 11 is 1.85. The molecule has 1 aliphatic rings. The van der Waals surface area contributed by atoms with Gasteiger partial charge in [0.25, 0.3) is 0 Å². The Bertz CT molecular complexity index is 898. The smallest absolute Gasteiger partial charge is 0.126 e. The number of fused-ring (bicyclic) bond motifs is 1. The molecule has 7 heteroatoms. The van der Waals surface area contributed by atoms with E-state index in [1.54, 1.807) is 25.8 Å². The van der Waals surface area contributed by atoms with Crippen LogP contribution in [0.3, 0.4) is 0 Å². The summed E-state index contributed by atoms with van der Waals surface area (Å²) in [4.78, 5) is 23.0. The Balaban J connectivity index is 1.69. The zero-order valence-corrected chi connectivity index (χ0v) is 15.5. The van der Waals surface area contributed by atoms with Crippen LogP contribution in [0.25, 0.3) is 22.3 Å². The summed E-state index contributed by atoms with van der Waals surface area (Å²) < 4.78 is 0. The average molecular weight is 367 g/mol. The summed E-state index contributed by atoms with van der Waals surface area (Å²) in [7, 11) is 1.58. The van der Waals surface area contributed by atoms with Gasteiger partial charge in [0.15, 0.2) is 0 Å². The first-order chi connectivity index (χ1) is 12.8. The zero-order valence-electron chi connectivity index (χ0n) is 14.7. The van der Waals surface area contributed by atoms with Gasteiger partial charge in [0, 0.05) is 17.0 Å². The summed E-state index contributed by atoms with van der Waals surface area (Å²) in [6.07, 6.45) is 11.6. The fourth-order valence-corrected chi connectivity index (χ4v) is 4.51. The van der Waals surface area contributed by atoms with Crippen molar-refractivity contribution >= 4 is 28.5 Å². The van der Waals surface area contributed by atoms with E-state index in [0.717, 1.165) is 33.0 Å². The van der Waals surface area contributed by atoms with Crippen LogP contribution in [-0.2, 0) is 4.84 Å². The van der Waals surface area contributed by atoms with Gasteiger partial charge < -0.3 is 0 Å². The third-order valence-corrected chi connectivity index (χ3v) is 5.86. The van der Waals surface area contributed by atoms with Crippen molar-refractivity contribution in [3.8, 4) is 11.3 Å². The minimum atomic E-state index is 0.628. The SMILES string of the molecule is CONc1cncc(-c2ccc3ncnc(SC4CCCCC4)c3n2)c1. The van der Waals surface area contributed by atoms with E-state index in [1.165, 1.54) is 32.1 Å². The monoisotopic (exact) mass is 367 g/mol. The second-order valence-corrected chi connectivity index (χ2v) is 7.68. The van der Waals surface area contributed by atoms with Gasteiger partial charge in [-0.15, -0.1) is 11.8 Å². The van der Waals surface area contributed by atoms with Gasteiger partial charge in [0.1, 0.15) is 16.9 Å². The van der Waals surface area contributed by atoms with Crippen molar-refractivity contribution < 1.29 is 4.84 Å². The summed E-state index contributed by atoms with van der Waals surface area (Å²) in [6, 6.07) is 5.93. The van der Waals surface area contributed by atoms with Crippen LogP contribution in [0.4, 0.5) is 5.69 Å². The summed E-state index contributed by atoms with van der Waals surface area (Å²) in [5.74, 6) is 0. The summed E-state index contributed by atoms with van der Waals surface area (Å²) in [6.45, 7) is 0. The molecule has 0 radical (unpaired) electrons. The van der Waals surface area contributed by atoms with E-state index in [9.17, 15) is 0 Å². The van der Waals surface area contributed by atoms with E-state index in [1.807, 2.05) is 30.0 Å². The van der Waals surface area contributed by atoms with Gasteiger partial charge in [0.2, 0.25) is 0 Å². The van der Waals surface area contributed by atoms with Crippen LogP contribution < -0.4 is 5.48 Å². The van der Waals surface area contributed by atoms with E-state index >= 15 is 0 Å². The first-order valence-corrected chi connectivity index (χ1v) is 9.74. The van der Waals surface area contributed by atoms with Gasteiger partial charge in [-0.05, 0) is 31.0 Å². The lowest BCUT2D eigenvalue weighted by atomic mass is 10.0. The van der Waals surface area contributed by atoms with Crippen LogP contribution in [0, 0.1) is 0 Å². The molecule has 0 bridgehead atoms. The number of anilines is 1. The van der Waals surface area contributed by atoms with Gasteiger partial charge >= 0.3 is 0 Å². The molecule has 6 nitrogen and oxygen atoms in total. The van der Waals surface area contributed by atoms with Gasteiger partial charge in [-0.25, -0.2) is 15.0 Å². The van der Waals surface area contributed by atoms with Crippen molar-refractivity contribution in [1.82, 2.24) is 19.9 Å². The van der Waals surface area contributed by atoms with Crippen molar-refractivity contribution in [2.45, 2.75) is 42.4 Å². The van der Waals surface area contributed by atoms with Gasteiger partial charge in [-0.1, -0.05) is 19.3 Å². The van der Waals surface area contributed by atoms with E-state index < -0.39 is 0 Å². The number of rotatable bonds is 5. The van der Waals surface area contributed by atoms with E-state index in [-0.39, 0.29) is 0 Å². The van der Waals surface area contributed by atoms with Crippen LogP contribution in [0.15, 0.2) is 41.9 Å². The molecular formula is C19H21N5OS. The van der Waals surface area contributed by atoms with E-state index in [4.69, 9.17) is 9.82 Å². The third-order valence-electron chi connectivity index (χ3n) is 4.53. The first kappa shape index (κ1) is 17.2.